The molecular formula is C20H23N3O2S. The maximum atomic E-state index is 12.3. The monoisotopic (exact) mass is 369 g/mol. The number of rotatable bonds is 2. The number of hydrogen-bond acceptors (Lipinski definition) is 5. The minimum Gasteiger partial charge on any atom is -0.444 e. The Morgan fingerprint density at radius 2 is 2.00 bits per heavy atom. The molecule has 1 saturated heterocycles. The maximum absolute atomic E-state index is 12.3. The van der Waals surface area contributed by atoms with Gasteiger partial charge in [-0.15, -0.1) is 11.3 Å². The van der Waals surface area contributed by atoms with E-state index in [9.17, 15) is 4.79 Å². The van der Waals surface area contributed by atoms with E-state index in [1.165, 1.54) is 5.57 Å². The number of likely N-dealkylation sites (tertiary alicyclic amines) is 1. The lowest BCUT2D eigenvalue weighted by Gasteiger charge is -2.25. The fourth-order valence-corrected chi connectivity index (χ4v) is 4.16. The fourth-order valence-electron chi connectivity index (χ4n) is 3.35. The van der Waals surface area contributed by atoms with E-state index in [2.05, 4.69) is 28.6 Å². The molecule has 1 aromatic heterocycles. The molecule has 0 bridgehead atoms. The lowest BCUT2D eigenvalue weighted by Crippen LogP contribution is -2.36. The first-order valence-electron chi connectivity index (χ1n) is 8.85. The van der Waals surface area contributed by atoms with E-state index < -0.39 is 5.60 Å². The molecule has 1 amide bonds. The average molecular weight is 369 g/mol. The van der Waals surface area contributed by atoms with E-state index in [0.29, 0.717) is 19.0 Å². The largest absolute Gasteiger partial charge is 0.444 e. The van der Waals surface area contributed by atoms with Crippen LogP contribution in [0.1, 0.15) is 20.8 Å². The molecule has 6 heteroatoms. The van der Waals surface area contributed by atoms with Crippen LogP contribution in [-0.4, -0.2) is 41.2 Å². The molecule has 0 aliphatic carbocycles. The van der Waals surface area contributed by atoms with Crippen molar-refractivity contribution in [2.75, 3.05) is 24.5 Å². The summed E-state index contributed by atoms with van der Waals surface area (Å²) in [6.07, 6.45) is 1.93. The van der Waals surface area contributed by atoms with Crippen molar-refractivity contribution in [3.8, 4) is 11.3 Å². The molecule has 0 spiro atoms. The molecule has 2 aliphatic rings. The van der Waals surface area contributed by atoms with E-state index in [1.54, 1.807) is 16.2 Å². The van der Waals surface area contributed by atoms with Crippen molar-refractivity contribution >= 4 is 22.6 Å². The predicted octanol–water partition coefficient (Wildman–Crippen LogP) is 4.38. The first-order chi connectivity index (χ1) is 12.4. The molecule has 1 aromatic carbocycles. The molecule has 4 rings (SSSR count). The Balaban J connectivity index is 1.44. The standard InChI is InChI=1S/C20H23N3O2S/c1-20(2,3)25-19(24)23-11-15-9-22(10-16(15)12-23)18-21-17(13-26-18)14-7-5-4-6-8-14/h4-9,13,16H,10-12H2,1-3H3. The summed E-state index contributed by atoms with van der Waals surface area (Å²) in [5.74, 6) is 0.367. The zero-order valence-electron chi connectivity index (χ0n) is 15.3. The van der Waals surface area contributed by atoms with Gasteiger partial charge in [0.15, 0.2) is 5.13 Å². The quantitative estimate of drug-likeness (QED) is 0.788. The predicted molar refractivity (Wildman–Crippen MR) is 104 cm³/mol. The zero-order chi connectivity index (χ0) is 18.3. The fraction of sp³-hybridized carbons (Fsp3) is 0.400. The Bertz CT molecular complexity index is 838. The Morgan fingerprint density at radius 1 is 1.23 bits per heavy atom. The zero-order valence-corrected chi connectivity index (χ0v) is 16.1. The molecule has 1 fully saturated rings. The number of hydrogen-bond donors (Lipinski definition) is 0. The minimum absolute atomic E-state index is 0.222. The van der Waals surface area contributed by atoms with Crippen LogP contribution in [0.5, 0.6) is 0 Å². The summed E-state index contributed by atoms with van der Waals surface area (Å²) in [6.45, 7) is 7.93. The first kappa shape index (κ1) is 17.1. The van der Waals surface area contributed by atoms with Crippen LogP contribution in [0.4, 0.5) is 9.93 Å². The highest BCUT2D eigenvalue weighted by atomic mass is 32.1. The lowest BCUT2D eigenvalue weighted by molar-refractivity contribution is 0.0291. The summed E-state index contributed by atoms with van der Waals surface area (Å²) in [4.78, 5) is 21.1. The van der Waals surface area contributed by atoms with E-state index >= 15 is 0 Å². The van der Waals surface area contributed by atoms with Crippen molar-refractivity contribution in [1.82, 2.24) is 9.88 Å². The van der Waals surface area contributed by atoms with Gasteiger partial charge in [-0.25, -0.2) is 9.78 Å². The van der Waals surface area contributed by atoms with Crippen LogP contribution >= 0.6 is 11.3 Å². The highest BCUT2D eigenvalue weighted by molar-refractivity contribution is 7.14. The number of fused-ring (bicyclic) bond motifs is 1. The highest BCUT2D eigenvalue weighted by Crippen LogP contribution is 2.35. The topological polar surface area (TPSA) is 45.7 Å². The smallest absolute Gasteiger partial charge is 0.410 e. The molecule has 2 aromatic rings. The van der Waals surface area contributed by atoms with Gasteiger partial charge in [-0.2, -0.15) is 0 Å². The Morgan fingerprint density at radius 3 is 2.69 bits per heavy atom. The highest BCUT2D eigenvalue weighted by Gasteiger charge is 2.38. The first-order valence-corrected chi connectivity index (χ1v) is 9.73. The summed E-state index contributed by atoms with van der Waals surface area (Å²) >= 11 is 1.66. The van der Waals surface area contributed by atoms with Crippen molar-refractivity contribution in [2.24, 2.45) is 5.92 Å². The van der Waals surface area contributed by atoms with Crippen LogP contribution in [0.2, 0.25) is 0 Å². The van der Waals surface area contributed by atoms with E-state index in [-0.39, 0.29) is 6.09 Å². The summed E-state index contributed by atoms with van der Waals surface area (Å²) < 4.78 is 5.49. The lowest BCUT2D eigenvalue weighted by atomic mass is 10.1. The number of carbonyl (C=O) groups is 1. The van der Waals surface area contributed by atoms with Gasteiger partial charge in [0.2, 0.25) is 0 Å². The molecule has 1 unspecified atom stereocenters. The third-order valence-electron chi connectivity index (χ3n) is 4.54. The van der Waals surface area contributed by atoms with Crippen molar-refractivity contribution in [3.05, 3.63) is 47.5 Å². The molecule has 5 nitrogen and oxygen atoms in total. The maximum Gasteiger partial charge on any atom is 0.410 e. The van der Waals surface area contributed by atoms with Crippen LogP contribution in [0, 0.1) is 5.92 Å². The van der Waals surface area contributed by atoms with Crippen LogP contribution in [0.25, 0.3) is 11.3 Å². The molecule has 1 atom stereocenters. The number of amides is 1. The Kier molecular flexibility index (Phi) is 4.23. The van der Waals surface area contributed by atoms with Gasteiger partial charge in [0.05, 0.1) is 5.69 Å². The van der Waals surface area contributed by atoms with Gasteiger partial charge in [-0.05, 0) is 26.3 Å². The molecule has 0 saturated carbocycles. The summed E-state index contributed by atoms with van der Waals surface area (Å²) in [7, 11) is 0. The van der Waals surface area contributed by atoms with Crippen LogP contribution in [-0.2, 0) is 4.74 Å². The van der Waals surface area contributed by atoms with Gasteiger partial charge < -0.3 is 14.5 Å². The van der Waals surface area contributed by atoms with Gasteiger partial charge in [-0.3, -0.25) is 0 Å². The number of ether oxygens (including phenoxy) is 1. The van der Waals surface area contributed by atoms with Gasteiger partial charge in [-0.1, -0.05) is 30.3 Å². The number of benzene rings is 1. The number of thiazole rings is 1. The van der Waals surface area contributed by atoms with Gasteiger partial charge in [0.1, 0.15) is 5.60 Å². The van der Waals surface area contributed by atoms with Gasteiger partial charge >= 0.3 is 6.09 Å². The Hall–Kier alpha value is -2.34. The van der Waals surface area contributed by atoms with Crippen molar-refractivity contribution < 1.29 is 9.53 Å². The van der Waals surface area contributed by atoms with Gasteiger partial charge in [0.25, 0.3) is 0 Å². The Labute approximate surface area is 157 Å². The summed E-state index contributed by atoms with van der Waals surface area (Å²) in [6, 6.07) is 10.2. The molecule has 0 N–H and O–H groups in total. The van der Waals surface area contributed by atoms with Crippen molar-refractivity contribution in [2.45, 2.75) is 26.4 Å². The minimum atomic E-state index is -0.454. The molecule has 0 radical (unpaired) electrons. The summed E-state index contributed by atoms with van der Waals surface area (Å²) in [5.41, 5.74) is 2.98. The van der Waals surface area contributed by atoms with E-state index in [1.807, 2.05) is 39.0 Å². The third kappa shape index (κ3) is 3.46. The van der Waals surface area contributed by atoms with Crippen molar-refractivity contribution in [3.63, 3.8) is 0 Å². The van der Waals surface area contributed by atoms with Crippen LogP contribution in [0.3, 0.4) is 0 Å². The van der Waals surface area contributed by atoms with Crippen LogP contribution in [0.15, 0.2) is 47.5 Å². The molecular weight excluding hydrogens is 346 g/mol. The normalized spacial score (nSPS) is 19.5. The van der Waals surface area contributed by atoms with E-state index in [0.717, 1.165) is 22.9 Å². The average Bonchev–Trinajstić information content (AvgIpc) is 3.28. The molecule has 136 valence electrons. The molecule has 2 aliphatic heterocycles. The summed E-state index contributed by atoms with van der Waals surface area (Å²) in [5, 5.41) is 3.11. The van der Waals surface area contributed by atoms with Crippen LogP contribution < -0.4 is 4.90 Å². The number of nitrogens with zero attached hydrogens (tertiary/aromatic N) is 3. The number of carbonyl (C=O) groups excluding carboxylic acids is 1. The SMILES string of the molecule is CC(C)(C)OC(=O)N1CC2=CN(c3nc(-c4ccccc4)cs3)CC2C1. The number of anilines is 1. The molecule has 26 heavy (non-hydrogen) atoms. The van der Waals surface area contributed by atoms with Crippen molar-refractivity contribution in [1.29, 1.82) is 0 Å². The number of aromatic nitrogens is 1. The second-order valence-electron chi connectivity index (χ2n) is 7.80. The van der Waals surface area contributed by atoms with E-state index in [4.69, 9.17) is 9.72 Å². The second kappa shape index (κ2) is 6.43. The third-order valence-corrected chi connectivity index (χ3v) is 5.41. The van der Waals surface area contributed by atoms with Gasteiger partial charge in [0, 0.05) is 42.7 Å². The second-order valence-corrected chi connectivity index (χ2v) is 8.63. The molecule has 3 heterocycles.